The molecule has 28 heavy (non-hydrogen) atoms. The Labute approximate surface area is 164 Å². The molecule has 7 nitrogen and oxygen atoms in total. The molecule has 0 saturated carbocycles. The van der Waals surface area contributed by atoms with Crippen LogP contribution >= 0.6 is 0 Å². The second-order valence-corrected chi connectivity index (χ2v) is 6.96. The van der Waals surface area contributed by atoms with Crippen LogP contribution in [0.15, 0.2) is 53.2 Å². The molecule has 0 bridgehead atoms. The molecule has 1 saturated heterocycles. The molecule has 1 fully saturated rings. The van der Waals surface area contributed by atoms with E-state index < -0.39 is 5.60 Å². The number of methoxy groups -OCH3 is 2. The second-order valence-electron chi connectivity index (χ2n) is 6.96. The summed E-state index contributed by atoms with van der Waals surface area (Å²) in [4.78, 5) is 11.3. The average Bonchev–Trinajstić information content (AvgIpc) is 3.27. The van der Waals surface area contributed by atoms with Gasteiger partial charge in [-0.15, -0.1) is 0 Å². The molecule has 2 aromatic heterocycles. The van der Waals surface area contributed by atoms with E-state index in [4.69, 9.17) is 14.0 Å². The van der Waals surface area contributed by atoms with Gasteiger partial charge in [-0.05, 0) is 42.7 Å². The summed E-state index contributed by atoms with van der Waals surface area (Å²) in [6.45, 7) is 2.68. The van der Waals surface area contributed by atoms with E-state index in [0.29, 0.717) is 17.4 Å². The zero-order valence-electron chi connectivity index (χ0n) is 16.2. The average molecular weight is 380 g/mol. The van der Waals surface area contributed by atoms with Gasteiger partial charge in [0.1, 0.15) is 17.0 Å². The highest BCUT2D eigenvalue weighted by atomic mass is 16.5. The summed E-state index contributed by atoms with van der Waals surface area (Å²) in [5, 5.41) is 4.10. The smallest absolute Gasteiger partial charge is 0.259 e. The van der Waals surface area contributed by atoms with Crippen LogP contribution in [0.25, 0.3) is 11.5 Å². The lowest BCUT2D eigenvalue weighted by molar-refractivity contribution is -0.0838. The molecule has 0 N–H and O–H groups in total. The van der Waals surface area contributed by atoms with E-state index in [9.17, 15) is 0 Å². The fourth-order valence-corrected chi connectivity index (χ4v) is 3.57. The van der Waals surface area contributed by atoms with Gasteiger partial charge >= 0.3 is 0 Å². The SMILES string of the molecule is COc1ccc(CN2CCC(OC)(c3nc(-c4ccccn4)no3)CC2)cc1. The molecular weight excluding hydrogens is 356 g/mol. The first-order chi connectivity index (χ1) is 13.7. The van der Waals surface area contributed by atoms with Crippen molar-refractivity contribution >= 4 is 0 Å². The molecule has 0 amide bonds. The maximum absolute atomic E-state index is 5.88. The summed E-state index contributed by atoms with van der Waals surface area (Å²) < 4.78 is 16.7. The van der Waals surface area contributed by atoms with Crippen molar-refractivity contribution in [3.63, 3.8) is 0 Å². The highest BCUT2D eigenvalue weighted by molar-refractivity contribution is 5.47. The van der Waals surface area contributed by atoms with Crippen LogP contribution in [0.3, 0.4) is 0 Å². The van der Waals surface area contributed by atoms with Gasteiger partial charge in [-0.25, -0.2) is 0 Å². The maximum atomic E-state index is 5.88. The van der Waals surface area contributed by atoms with E-state index in [1.54, 1.807) is 20.4 Å². The van der Waals surface area contributed by atoms with Crippen LogP contribution in [0.5, 0.6) is 5.75 Å². The fraction of sp³-hybridized carbons (Fsp3) is 0.381. The quantitative estimate of drug-likeness (QED) is 0.650. The second kappa shape index (κ2) is 8.08. The molecule has 0 spiro atoms. The van der Waals surface area contributed by atoms with Gasteiger partial charge in [-0.2, -0.15) is 4.98 Å². The highest BCUT2D eigenvalue weighted by Crippen LogP contribution is 2.36. The zero-order chi connectivity index (χ0) is 19.4. The molecule has 1 aliphatic rings. The van der Waals surface area contributed by atoms with Crippen molar-refractivity contribution in [2.24, 2.45) is 0 Å². The lowest BCUT2D eigenvalue weighted by atomic mass is 9.90. The van der Waals surface area contributed by atoms with E-state index >= 15 is 0 Å². The van der Waals surface area contributed by atoms with Crippen LogP contribution in [-0.2, 0) is 16.9 Å². The van der Waals surface area contributed by atoms with E-state index in [2.05, 4.69) is 32.2 Å². The van der Waals surface area contributed by atoms with Crippen molar-refractivity contribution in [2.75, 3.05) is 27.3 Å². The van der Waals surface area contributed by atoms with E-state index in [-0.39, 0.29) is 0 Å². The Kier molecular flexibility index (Phi) is 5.36. The van der Waals surface area contributed by atoms with Gasteiger partial charge in [0.15, 0.2) is 0 Å². The first kappa shape index (κ1) is 18.6. The standard InChI is InChI=1S/C21H24N4O3/c1-26-17-8-6-16(7-9-17)15-25-13-10-21(27-2,11-14-25)20-23-19(24-28-20)18-5-3-4-12-22-18/h3-9,12H,10-11,13-15H2,1-2H3. The number of benzene rings is 1. The maximum Gasteiger partial charge on any atom is 0.259 e. The molecule has 0 unspecified atom stereocenters. The molecule has 7 heteroatoms. The van der Waals surface area contributed by atoms with Crippen LogP contribution < -0.4 is 4.74 Å². The number of aromatic nitrogens is 3. The van der Waals surface area contributed by atoms with Crippen molar-refractivity contribution in [3.05, 3.63) is 60.1 Å². The van der Waals surface area contributed by atoms with Crippen molar-refractivity contribution < 1.29 is 14.0 Å². The number of piperidine rings is 1. The number of hydrogen-bond donors (Lipinski definition) is 0. The predicted octanol–water partition coefficient (Wildman–Crippen LogP) is 3.28. The van der Waals surface area contributed by atoms with Gasteiger partial charge in [0, 0.05) is 32.9 Å². The van der Waals surface area contributed by atoms with E-state index in [1.807, 2.05) is 30.3 Å². The van der Waals surface area contributed by atoms with E-state index in [0.717, 1.165) is 38.2 Å². The topological polar surface area (TPSA) is 73.5 Å². The minimum absolute atomic E-state index is 0.493. The van der Waals surface area contributed by atoms with Crippen LogP contribution in [0.4, 0.5) is 0 Å². The van der Waals surface area contributed by atoms with Crippen molar-refractivity contribution in [1.29, 1.82) is 0 Å². The van der Waals surface area contributed by atoms with Gasteiger partial charge in [0.25, 0.3) is 5.89 Å². The van der Waals surface area contributed by atoms with Gasteiger partial charge < -0.3 is 14.0 Å². The summed E-state index contributed by atoms with van der Waals surface area (Å²) >= 11 is 0. The monoisotopic (exact) mass is 380 g/mol. The Morgan fingerprint density at radius 3 is 2.50 bits per heavy atom. The largest absolute Gasteiger partial charge is 0.497 e. The molecule has 3 aromatic rings. The minimum Gasteiger partial charge on any atom is -0.497 e. The summed E-state index contributed by atoms with van der Waals surface area (Å²) in [7, 11) is 3.39. The van der Waals surface area contributed by atoms with E-state index in [1.165, 1.54) is 5.56 Å². The lowest BCUT2D eigenvalue weighted by Crippen LogP contribution is -2.43. The van der Waals surface area contributed by atoms with Crippen molar-refractivity contribution in [2.45, 2.75) is 25.0 Å². The molecule has 0 aliphatic carbocycles. The number of hydrogen-bond acceptors (Lipinski definition) is 7. The first-order valence-electron chi connectivity index (χ1n) is 9.38. The molecule has 1 aliphatic heterocycles. The molecule has 3 heterocycles. The Morgan fingerprint density at radius 1 is 1.07 bits per heavy atom. The summed E-state index contributed by atoms with van der Waals surface area (Å²) in [6.07, 6.45) is 3.31. The first-order valence-corrected chi connectivity index (χ1v) is 9.38. The molecular formula is C21H24N4O3. The zero-order valence-corrected chi connectivity index (χ0v) is 16.2. The van der Waals surface area contributed by atoms with Gasteiger partial charge in [0.2, 0.25) is 5.82 Å². The molecule has 4 rings (SSSR count). The van der Waals surface area contributed by atoms with Crippen LogP contribution in [0.1, 0.15) is 24.3 Å². The van der Waals surface area contributed by atoms with Gasteiger partial charge in [-0.3, -0.25) is 9.88 Å². The Bertz CT molecular complexity index is 888. The molecule has 1 aromatic carbocycles. The molecule has 146 valence electrons. The Hall–Kier alpha value is -2.77. The third kappa shape index (κ3) is 3.76. The lowest BCUT2D eigenvalue weighted by Gasteiger charge is -2.38. The predicted molar refractivity (Wildman–Crippen MR) is 104 cm³/mol. The van der Waals surface area contributed by atoms with Gasteiger partial charge in [0.05, 0.1) is 7.11 Å². The normalized spacial score (nSPS) is 16.8. The summed E-state index contributed by atoms with van der Waals surface area (Å²) in [6, 6.07) is 13.8. The summed E-state index contributed by atoms with van der Waals surface area (Å²) in [5.74, 6) is 1.90. The number of rotatable bonds is 6. The van der Waals surface area contributed by atoms with Crippen molar-refractivity contribution in [1.82, 2.24) is 20.0 Å². The van der Waals surface area contributed by atoms with Crippen LogP contribution in [0, 0.1) is 0 Å². The van der Waals surface area contributed by atoms with Crippen LogP contribution in [0.2, 0.25) is 0 Å². The minimum atomic E-state index is -0.545. The number of ether oxygens (including phenoxy) is 2. The number of pyridine rings is 1. The van der Waals surface area contributed by atoms with Crippen LogP contribution in [-0.4, -0.2) is 47.3 Å². The third-order valence-electron chi connectivity index (χ3n) is 5.33. The van der Waals surface area contributed by atoms with Crippen molar-refractivity contribution in [3.8, 4) is 17.3 Å². The summed E-state index contributed by atoms with van der Waals surface area (Å²) in [5.41, 5.74) is 1.41. The third-order valence-corrected chi connectivity index (χ3v) is 5.33. The number of nitrogens with zero attached hydrogens (tertiary/aromatic N) is 4. The number of likely N-dealkylation sites (tertiary alicyclic amines) is 1. The Morgan fingerprint density at radius 2 is 1.86 bits per heavy atom. The molecule has 0 atom stereocenters. The van der Waals surface area contributed by atoms with Gasteiger partial charge in [-0.1, -0.05) is 23.4 Å². The highest BCUT2D eigenvalue weighted by Gasteiger charge is 2.41. The molecule has 0 radical (unpaired) electrons. The fourth-order valence-electron chi connectivity index (χ4n) is 3.57. The Balaban J connectivity index is 1.43.